The maximum Gasteiger partial charge on any atom is 0.218 e. The van der Waals surface area contributed by atoms with Crippen molar-refractivity contribution in [2.24, 2.45) is 0 Å². The minimum Gasteiger partial charge on any atom is -0.481 e. The number of hydrogen-bond donors (Lipinski definition) is 0. The SMILES string of the molecule is COc1ncc2cc3ccccc3nc2c1C(C)C. The van der Waals surface area contributed by atoms with Crippen LogP contribution in [0.4, 0.5) is 0 Å². The van der Waals surface area contributed by atoms with Crippen LogP contribution >= 0.6 is 0 Å². The zero-order valence-corrected chi connectivity index (χ0v) is 11.3. The topological polar surface area (TPSA) is 35.0 Å². The molecule has 0 amide bonds. The Bertz CT molecular complexity index is 750. The van der Waals surface area contributed by atoms with E-state index in [0.29, 0.717) is 11.8 Å². The standard InChI is InChI=1S/C16H16N2O/c1-10(2)14-15-12(9-17-16(14)19-3)8-11-6-4-5-7-13(11)18-15/h4-10H,1-3H3. The molecule has 2 heterocycles. The average molecular weight is 252 g/mol. The van der Waals surface area contributed by atoms with E-state index in [-0.39, 0.29) is 0 Å². The first kappa shape index (κ1) is 11.9. The summed E-state index contributed by atoms with van der Waals surface area (Å²) in [4.78, 5) is 9.18. The van der Waals surface area contributed by atoms with Crippen molar-refractivity contribution in [1.29, 1.82) is 0 Å². The highest BCUT2D eigenvalue weighted by Crippen LogP contribution is 2.32. The van der Waals surface area contributed by atoms with E-state index in [9.17, 15) is 0 Å². The molecular weight excluding hydrogens is 236 g/mol. The van der Waals surface area contributed by atoms with Gasteiger partial charge in [-0.15, -0.1) is 0 Å². The molecule has 0 unspecified atom stereocenters. The Labute approximate surface area is 112 Å². The molecule has 1 aromatic carbocycles. The molecule has 96 valence electrons. The predicted octanol–water partition coefficient (Wildman–Crippen LogP) is 3.92. The van der Waals surface area contributed by atoms with Crippen LogP contribution in [-0.4, -0.2) is 17.1 Å². The van der Waals surface area contributed by atoms with Gasteiger partial charge in [-0.2, -0.15) is 0 Å². The third-order valence-electron chi connectivity index (χ3n) is 3.33. The molecule has 0 aliphatic carbocycles. The molecule has 0 aliphatic rings. The number of pyridine rings is 2. The number of benzene rings is 1. The molecule has 0 N–H and O–H groups in total. The van der Waals surface area contributed by atoms with E-state index in [2.05, 4.69) is 31.0 Å². The quantitative estimate of drug-likeness (QED) is 0.648. The third kappa shape index (κ3) is 1.91. The number of para-hydroxylation sites is 1. The van der Waals surface area contributed by atoms with E-state index in [1.165, 1.54) is 0 Å². The lowest BCUT2D eigenvalue weighted by Crippen LogP contribution is -2.00. The van der Waals surface area contributed by atoms with E-state index in [1.54, 1.807) is 7.11 Å². The van der Waals surface area contributed by atoms with Gasteiger partial charge in [-0.25, -0.2) is 9.97 Å². The van der Waals surface area contributed by atoms with Crippen molar-refractivity contribution in [2.45, 2.75) is 19.8 Å². The monoisotopic (exact) mass is 252 g/mol. The molecule has 0 spiro atoms. The van der Waals surface area contributed by atoms with Gasteiger partial charge in [0.05, 0.1) is 18.1 Å². The van der Waals surface area contributed by atoms with Crippen LogP contribution in [0.1, 0.15) is 25.3 Å². The van der Waals surface area contributed by atoms with E-state index in [4.69, 9.17) is 9.72 Å². The highest BCUT2D eigenvalue weighted by atomic mass is 16.5. The smallest absolute Gasteiger partial charge is 0.218 e. The van der Waals surface area contributed by atoms with Crippen LogP contribution in [0.25, 0.3) is 21.8 Å². The first-order valence-electron chi connectivity index (χ1n) is 6.43. The van der Waals surface area contributed by atoms with Gasteiger partial charge in [0.25, 0.3) is 0 Å². The van der Waals surface area contributed by atoms with Gasteiger partial charge in [-0.05, 0) is 18.1 Å². The Balaban J connectivity index is 2.43. The minimum absolute atomic E-state index is 0.319. The Kier molecular flexibility index (Phi) is 2.82. The Morgan fingerprint density at radius 1 is 1.11 bits per heavy atom. The van der Waals surface area contributed by atoms with Crippen LogP contribution in [0.3, 0.4) is 0 Å². The summed E-state index contributed by atoms with van der Waals surface area (Å²) in [6.45, 7) is 4.27. The predicted molar refractivity (Wildman–Crippen MR) is 77.7 cm³/mol. The fraction of sp³-hybridized carbons (Fsp3) is 0.250. The third-order valence-corrected chi connectivity index (χ3v) is 3.33. The van der Waals surface area contributed by atoms with Crippen molar-refractivity contribution in [2.75, 3.05) is 7.11 Å². The molecule has 3 aromatic rings. The largest absolute Gasteiger partial charge is 0.481 e. The molecule has 0 fully saturated rings. The summed E-state index contributed by atoms with van der Waals surface area (Å²) in [6.07, 6.45) is 1.83. The van der Waals surface area contributed by atoms with Crippen molar-refractivity contribution < 1.29 is 4.74 Å². The molecule has 0 atom stereocenters. The van der Waals surface area contributed by atoms with E-state index < -0.39 is 0 Å². The lowest BCUT2D eigenvalue weighted by molar-refractivity contribution is 0.391. The molecule has 0 radical (unpaired) electrons. The summed E-state index contributed by atoms with van der Waals surface area (Å²) in [7, 11) is 1.65. The molecule has 0 saturated heterocycles. The lowest BCUT2D eigenvalue weighted by Gasteiger charge is -2.13. The average Bonchev–Trinajstić information content (AvgIpc) is 2.43. The fourth-order valence-corrected chi connectivity index (χ4v) is 2.43. The molecule has 3 nitrogen and oxygen atoms in total. The van der Waals surface area contributed by atoms with E-state index in [1.807, 2.05) is 24.4 Å². The van der Waals surface area contributed by atoms with Gasteiger partial charge in [0.15, 0.2) is 0 Å². The first-order chi connectivity index (χ1) is 9.20. The second-order valence-corrected chi connectivity index (χ2v) is 4.95. The van der Waals surface area contributed by atoms with Gasteiger partial charge in [0.2, 0.25) is 5.88 Å². The summed E-state index contributed by atoms with van der Waals surface area (Å²) in [5.41, 5.74) is 3.07. The maximum atomic E-state index is 5.38. The zero-order valence-electron chi connectivity index (χ0n) is 11.3. The number of fused-ring (bicyclic) bond motifs is 2. The number of nitrogens with zero attached hydrogens (tertiary/aromatic N) is 2. The Morgan fingerprint density at radius 3 is 2.63 bits per heavy atom. The van der Waals surface area contributed by atoms with Crippen molar-refractivity contribution in [3.05, 3.63) is 42.1 Å². The Hall–Kier alpha value is -2.16. The summed E-state index contributed by atoms with van der Waals surface area (Å²) >= 11 is 0. The zero-order chi connectivity index (χ0) is 13.4. The highest BCUT2D eigenvalue weighted by molar-refractivity contribution is 5.94. The second kappa shape index (κ2) is 4.50. The number of ether oxygens (including phenoxy) is 1. The molecule has 3 rings (SSSR count). The van der Waals surface area contributed by atoms with E-state index >= 15 is 0 Å². The van der Waals surface area contributed by atoms with Crippen LogP contribution in [0.5, 0.6) is 5.88 Å². The van der Waals surface area contributed by atoms with Gasteiger partial charge in [-0.3, -0.25) is 0 Å². The van der Waals surface area contributed by atoms with Gasteiger partial charge >= 0.3 is 0 Å². The number of methoxy groups -OCH3 is 1. The van der Waals surface area contributed by atoms with Crippen LogP contribution < -0.4 is 4.74 Å². The number of hydrogen-bond acceptors (Lipinski definition) is 3. The number of rotatable bonds is 2. The van der Waals surface area contributed by atoms with Crippen molar-refractivity contribution in [1.82, 2.24) is 9.97 Å². The summed E-state index contributed by atoms with van der Waals surface area (Å²) < 4.78 is 5.38. The van der Waals surface area contributed by atoms with Gasteiger partial charge in [0, 0.05) is 22.5 Å². The number of aromatic nitrogens is 2. The van der Waals surface area contributed by atoms with Crippen LogP contribution in [-0.2, 0) is 0 Å². The van der Waals surface area contributed by atoms with Crippen molar-refractivity contribution >= 4 is 21.8 Å². The maximum absolute atomic E-state index is 5.38. The molecule has 0 saturated carbocycles. The van der Waals surface area contributed by atoms with Crippen molar-refractivity contribution in [3.8, 4) is 5.88 Å². The lowest BCUT2D eigenvalue weighted by atomic mass is 10.0. The normalized spacial score (nSPS) is 11.4. The Morgan fingerprint density at radius 2 is 1.89 bits per heavy atom. The summed E-state index contributed by atoms with van der Waals surface area (Å²) in [5.74, 6) is 0.991. The van der Waals surface area contributed by atoms with Gasteiger partial charge in [-0.1, -0.05) is 32.0 Å². The summed E-state index contributed by atoms with van der Waals surface area (Å²) in [5, 5.41) is 2.19. The van der Waals surface area contributed by atoms with Gasteiger partial charge in [0.1, 0.15) is 0 Å². The van der Waals surface area contributed by atoms with Crippen LogP contribution in [0.2, 0.25) is 0 Å². The second-order valence-electron chi connectivity index (χ2n) is 4.95. The molecular formula is C16H16N2O. The summed E-state index contributed by atoms with van der Waals surface area (Å²) in [6, 6.07) is 10.3. The molecule has 0 bridgehead atoms. The first-order valence-corrected chi connectivity index (χ1v) is 6.43. The minimum atomic E-state index is 0.319. The van der Waals surface area contributed by atoms with Crippen LogP contribution in [0, 0.1) is 0 Å². The molecule has 2 aromatic heterocycles. The van der Waals surface area contributed by atoms with E-state index in [0.717, 1.165) is 27.4 Å². The fourth-order valence-electron chi connectivity index (χ4n) is 2.43. The van der Waals surface area contributed by atoms with Gasteiger partial charge < -0.3 is 4.74 Å². The molecule has 19 heavy (non-hydrogen) atoms. The highest BCUT2D eigenvalue weighted by Gasteiger charge is 2.15. The molecule has 3 heteroatoms. The van der Waals surface area contributed by atoms with Crippen LogP contribution in [0.15, 0.2) is 36.5 Å². The molecule has 0 aliphatic heterocycles. The van der Waals surface area contributed by atoms with Crippen molar-refractivity contribution in [3.63, 3.8) is 0 Å².